The van der Waals surface area contributed by atoms with Crippen LogP contribution in [-0.2, 0) is 16.1 Å². The Morgan fingerprint density at radius 3 is 2.69 bits per heavy atom. The molecule has 1 N–H and O–H groups in total. The summed E-state index contributed by atoms with van der Waals surface area (Å²) in [5, 5.41) is 14.6. The van der Waals surface area contributed by atoms with E-state index in [0.717, 1.165) is 11.8 Å². The Morgan fingerprint density at radius 1 is 1.22 bits per heavy atom. The molecule has 1 aromatic heterocycles. The lowest BCUT2D eigenvalue weighted by atomic mass is 10.2. The zero-order valence-corrected chi connectivity index (χ0v) is 18.6. The number of para-hydroxylation sites is 3. The van der Waals surface area contributed by atoms with Crippen LogP contribution in [-0.4, -0.2) is 38.8 Å². The van der Waals surface area contributed by atoms with Gasteiger partial charge in [0.25, 0.3) is 11.2 Å². The number of rotatable bonds is 10. The highest BCUT2D eigenvalue weighted by Crippen LogP contribution is 2.24. The Morgan fingerprint density at radius 2 is 1.94 bits per heavy atom. The van der Waals surface area contributed by atoms with E-state index in [1.54, 1.807) is 34.9 Å². The predicted octanol–water partition coefficient (Wildman–Crippen LogP) is 3.85. The highest BCUT2D eigenvalue weighted by molar-refractivity contribution is 7.99. The molecule has 168 valence electrons. The molecule has 10 heteroatoms. The van der Waals surface area contributed by atoms with Crippen molar-refractivity contribution in [3.05, 3.63) is 69.0 Å². The van der Waals surface area contributed by atoms with Crippen molar-refractivity contribution in [1.29, 1.82) is 0 Å². The molecule has 3 aromatic rings. The van der Waals surface area contributed by atoms with Gasteiger partial charge < -0.3 is 10.1 Å². The van der Waals surface area contributed by atoms with Gasteiger partial charge in [0.1, 0.15) is 5.69 Å². The first-order valence-electron chi connectivity index (χ1n) is 10.1. The van der Waals surface area contributed by atoms with Crippen molar-refractivity contribution in [2.75, 3.05) is 17.7 Å². The van der Waals surface area contributed by atoms with Gasteiger partial charge in [-0.2, -0.15) is 0 Å². The highest BCUT2D eigenvalue weighted by Gasteiger charge is 2.17. The summed E-state index contributed by atoms with van der Waals surface area (Å²) in [5.74, 6) is -0.485. The molecule has 0 spiro atoms. The average Bonchev–Trinajstić information content (AvgIpc) is 2.76. The molecule has 0 saturated heterocycles. The van der Waals surface area contributed by atoms with Gasteiger partial charge in [-0.15, -0.1) is 0 Å². The number of benzene rings is 2. The quantitative estimate of drug-likeness (QED) is 0.162. The number of amides is 1. The van der Waals surface area contributed by atoms with Crippen LogP contribution in [0.2, 0.25) is 0 Å². The van der Waals surface area contributed by atoms with E-state index in [9.17, 15) is 19.7 Å². The largest absolute Gasteiger partial charge is 0.379 e. The number of nitro groups is 1. The third kappa shape index (κ3) is 5.92. The molecule has 3 rings (SSSR count). The first-order valence-corrected chi connectivity index (χ1v) is 11.1. The first-order chi connectivity index (χ1) is 15.4. The molecule has 0 radical (unpaired) electrons. The van der Waals surface area contributed by atoms with Crippen LogP contribution in [0, 0.1) is 10.1 Å². The minimum absolute atomic E-state index is 0.0562. The Hall–Kier alpha value is -3.24. The van der Waals surface area contributed by atoms with Crippen molar-refractivity contribution in [3.8, 4) is 0 Å². The molecule has 0 bridgehead atoms. The van der Waals surface area contributed by atoms with Crippen molar-refractivity contribution >= 4 is 39.9 Å². The maximum atomic E-state index is 13.0. The summed E-state index contributed by atoms with van der Waals surface area (Å²) >= 11 is 1.11. The lowest BCUT2D eigenvalue weighted by Gasteiger charge is -2.14. The maximum absolute atomic E-state index is 13.0. The van der Waals surface area contributed by atoms with Crippen LogP contribution < -0.4 is 10.9 Å². The lowest BCUT2D eigenvalue weighted by Crippen LogP contribution is -2.25. The second-order valence-electron chi connectivity index (χ2n) is 7.25. The van der Waals surface area contributed by atoms with Crippen LogP contribution in [0.1, 0.15) is 20.3 Å². The van der Waals surface area contributed by atoms with Crippen LogP contribution in [0.25, 0.3) is 10.9 Å². The van der Waals surface area contributed by atoms with Crippen LogP contribution in [0.5, 0.6) is 0 Å². The normalized spacial score (nSPS) is 11.1. The molecule has 32 heavy (non-hydrogen) atoms. The SMILES string of the molecule is CC(C)OCCCn1c(SCC(=O)Nc2ccccc2[N+](=O)[O-])nc2ccccc2c1=O. The van der Waals surface area contributed by atoms with Gasteiger partial charge in [-0.1, -0.05) is 36.0 Å². The van der Waals surface area contributed by atoms with Crippen LogP contribution in [0.3, 0.4) is 0 Å². The van der Waals surface area contributed by atoms with Gasteiger partial charge in [0, 0.05) is 19.2 Å². The Bertz CT molecular complexity index is 1180. The van der Waals surface area contributed by atoms with Gasteiger partial charge in [0.15, 0.2) is 5.16 Å². The number of aromatic nitrogens is 2. The Balaban J connectivity index is 1.78. The number of thioether (sulfide) groups is 1. The third-order valence-electron chi connectivity index (χ3n) is 4.51. The summed E-state index contributed by atoms with van der Waals surface area (Å²) in [7, 11) is 0. The molecule has 2 aromatic carbocycles. The van der Waals surface area contributed by atoms with Crippen molar-refractivity contribution in [3.63, 3.8) is 0 Å². The summed E-state index contributed by atoms with van der Waals surface area (Å²) in [6, 6.07) is 13.0. The van der Waals surface area contributed by atoms with E-state index >= 15 is 0 Å². The van der Waals surface area contributed by atoms with Gasteiger partial charge in [-0.3, -0.25) is 24.3 Å². The second kappa shape index (κ2) is 10.9. The zero-order chi connectivity index (χ0) is 23.1. The summed E-state index contributed by atoms with van der Waals surface area (Å²) in [4.78, 5) is 40.7. The molecule has 9 nitrogen and oxygen atoms in total. The van der Waals surface area contributed by atoms with E-state index in [1.807, 2.05) is 13.8 Å². The van der Waals surface area contributed by atoms with Gasteiger partial charge in [0.2, 0.25) is 5.91 Å². The topological polar surface area (TPSA) is 116 Å². The molecule has 0 saturated carbocycles. The Kier molecular flexibility index (Phi) is 7.96. The maximum Gasteiger partial charge on any atom is 0.292 e. The van der Waals surface area contributed by atoms with Gasteiger partial charge in [-0.25, -0.2) is 4.98 Å². The minimum atomic E-state index is -0.551. The fourth-order valence-corrected chi connectivity index (χ4v) is 3.88. The predicted molar refractivity (Wildman–Crippen MR) is 124 cm³/mol. The molecule has 0 fully saturated rings. The smallest absolute Gasteiger partial charge is 0.292 e. The van der Waals surface area contributed by atoms with Crippen LogP contribution in [0.4, 0.5) is 11.4 Å². The van der Waals surface area contributed by atoms with Crippen molar-refractivity contribution in [2.45, 2.75) is 38.1 Å². The van der Waals surface area contributed by atoms with Crippen molar-refractivity contribution in [1.82, 2.24) is 9.55 Å². The molecular formula is C22H24N4O5S. The van der Waals surface area contributed by atoms with Crippen molar-refractivity contribution < 1.29 is 14.5 Å². The van der Waals surface area contributed by atoms with E-state index in [0.29, 0.717) is 35.6 Å². The van der Waals surface area contributed by atoms with Crippen LogP contribution in [0.15, 0.2) is 58.5 Å². The number of hydrogen-bond donors (Lipinski definition) is 1. The summed E-state index contributed by atoms with van der Waals surface area (Å²) < 4.78 is 7.11. The molecule has 1 amide bonds. The molecule has 0 aliphatic heterocycles. The summed E-state index contributed by atoms with van der Waals surface area (Å²) in [5.41, 5.74) is 0.310. The van der Waals surface area contributed by atoms with E-state index in [-0.39, 0.29) is 28.8 Å². The van der Waals surface area contributed by atoms with Gasteiger partial charge in [0.05, 0.1) is 27.7 Å². The standard InChI is InChI=1S/C22H24N4O5S/c1-15(2)31-13-7-12-25-21(28)16-8-3-4-9-17(16)24-22(25)32-14-20(27)23-18-10-5-6-11-19(18)26(29)30/h3-6,8-11,15H,7,12-14H2,1-2H3,(H,23,27). The number of hydrogen-bond acceptors (Lipinski definition) is 7. The number of fused-ring (bicyclic) bond motifs is 1. The third-order valence-corrected chi connectivity index (χ3v) is 5.49. The molecule has 1 heterocycles. The average molecular weight is 457 g/mol. The summed E-state index contributed by atoms with van der Waals surface area (Å²) in [6.45, 7) is 4.79. The number of anilines is 1. The minimum Gasteiger partial charge on any atom is -0.379 e. The fourth-order valence-electron chi connectivity index (χ4n) is 3.05. The monoisotopic (exact) mass is 456 g/mol. The molecule has 0 atom stereocenters. The van der Waals surface area contributed by atoms with Gasteiger partial charge >= 0.3 is 0 Å². The number of nitro benzene ring substituents is 1. The molecular weight excluding hydrogens is 432 g/mol. The van der Waals surface area contributed by atoms with E-state index in [1.165, 1.54) is 18.2 Å². The Labute approximate surface area is 189 Å². The van der Waals surface area contributed by atoms with E-state index < -0.39 is 10.8 Å². The molecule has 0 unspecified atom stereocenters. The lowest BCUT2D eigenvalue weighted by molar-refractivity contribution is -0.383. The van der Waals surface area contributed by atoms with Crippen molar-refractivity contribution in [2.24, 2.45) is 0 Å². The highest BCUT2D eigenvalue weighted by atomic mass is 32.2. The fraction of sp³-hybridized carbons (Fsp3) is 0.318. The van der Waals surface area contributed by atoms with Crippen LogP contribution >= 0.6 is 11.8 Å². The number of nitrogens with zero attached hydrogens (tertiary/aromatic N) is 3. The zero-order valence-electron chi connectivity index (χ0n) is 17.8. The number of ether oxygens (including phenoxy) is 1. The molecule has 0 aliphatic rings. The second-order valence-corrected chi connectivity index (χ2v) is 8.20. The number of nitrogens with one attached hydrogen (secondary N) is 1. The number of carbonyl (C=O) groups is 1. The molecule has 0 aliphatic carbocycles. The number of carbonyl (C=O) groups excluding carboxylic acids is 1. The first kappa shape index (κ1) is 23.4. The van der Waals surface area contributed by atoms with Gasteiger partial charge in [-0.05, 0) is 38.5 Å². The van der Waals surface area contributed by atoms with E-state index in [4.69, 9.17) is 4.74 Å². The van der Waals surface area contributed by atoms with E-state index in [2.05, 4.69) is 10.3 Å². The summed E-state index contributed by atoms with van der Waals surface area (Å²) in [6.07, 6.45) is 0.717.